The first-order chi connectivity index (χ1) is 12.1. The maximum atomic E-state index is 12.3. The molecule has 0 unspecified atom stereocenters. The van der Waals surface area contributed by atoms with Crippen molar-refractivity contribution in [3.63, 3.8) is 0 Å². The predicted molar refractivity (Wildman–Crippen MR) is 110 cm³/mol. The second-order valence-corrected chi connectivity index (χ2v) is 7.30. The number of anilines is 2. The van der Waals surface area contributed by atoms with Gasteiger partial charge in [0.05, 0.1) is 11.4 Å². The summed E-state index contributed by atoms with van der Waals surface area (Å²) in [4.78, 5) is 14.6. The summed E-state index contributed by atoms with van der Waals surface area (Å²) < 4.78 is 0.931. The van der Waals surface area contributed by atoms with E-state index < -0.39 is 0 Å². The number of para-hydroxylation sites is 2. The van der Waals surface area contributed by atoms with Crippen molar-refractivity contribution in [3.8, 4) is 0 Å². The van der Waals surface area contributed by atoms with Crippen LogP contribution in [0, 0.1) is 0 Å². The minimum absolute atomic E-state index is 0.222. The quantitative estimate of drug-likeness (QED) is 0.717. The van der Waals surface area contributed by atoms with Crippen molar-refractivity contribution < 1.29 is 4.79 Å². The second kappa shape index (κ2) is 8.45. The van der Waals surface area contributed by atoms with Crippen LogP contribution in [0.15, 0.2) is 53.0 Å². The van der Waals surface area contributed by atoms with Crippen LogP contribution in [0.1, 0.15) is 29.6 Å². The lowest BCUT2D eigenvalue weighted by Crippen LogP contribution is -2.35. The van der Waals surface area contributed by atoms with E-state index in [-0.39, 0.29) is 5.91 Å². The maximum absolute atomic E-state index is 12.3. The predicted octanol–water partition coefficient (Wildman–Crippen LogP) is 4.57. The molecule has 0 saturated carbocycles. The number of hydrogen-bond acceptors (Lipinski definition) is 3. The van der Waals surface area contributed by atoms with Crippen LogP contribution in [0.4, 0.5) is 11.4 Å². The normalized spacial score (nSPS) is 14.0. The summed E-state index contributed by atoms with van der Waals surface area (Å²) in [5.41, 5.74) is 2.62. The van der Waals surface area contributed by atoms with Gasteiger partial charge in [-0.15, -0.1) is 0 Å². The summed E-state index contributed by atoms with van der Waals surface area (Å²) in [6, 6.07) is 15.2. The lowest BCUT2D eigenvalue weighted by molar-refractivity contribution is 0.0977. The fraction of sp³-hybridized carbons (Fsp3) is 0.263. The van der Waals surface area contributed by atoms with Gasteiger partial charge in [0.1, 0.15) is 0 Å². The van der Waals surface area contributed by atoms with Gasteiger partial charge < -0.3 is 10.2 Å². The Morgan fingerprint density at radius 1 is 1.00 bits per heavy atom. The average Bonchev–Trinajstić information content (AvgIpc) is 2.63. The number of benzene rings is 2. The third kappa shape index (κ3) is 4.80. The standard InChI is InChI=1S/C19H20BrN3OS/c20-15-10-8-14(9-11-15)18(24)22-19(25)21-16-6-2-3-7-17(16)23-12-4-1-5-13-23/h2-3,6-11H,1,4-5,12-13H2,(H2,21,22,24,25). The summed E-state index contributed by atoms with van der Waals surface area (Å²) in [6.45, 7) is 2.10. The van der Waals surface area contributed by atoms with Crippen molar-refractivity contribution in [1.82, 2.24) is 5.32 Å². The van der Waals surface area contributed by atoms with E-state index in [2.05, 4.69) is 37.5 Å². The van der Waals surface area contributed by atoms with Gasteiger partial charge in [0.15, 0.2) is 5.11 Å². The van der Waals surface area contributed by atoms with Gasteiger partial charge in [-0.25, -0.2) is 0 Å². The van der Waals surface area contributed by atoms with Crippen LogP contribution in [0.25, 0.3) is 0 Å². The average molecular weight is 418 g/mol. The van der Waals surface area contributed by atoms with Crippen molar-refractivity contribution in [1.29, 1.82) is 0 Å². The van der Waals surface area contributed by atoms with Crippen molar-refractivity contribution in [2.24, 2.45) is 0 Å². The van der Waals surface area contributed by atoms with Gasteiger partial charge in [-0.05, 0) is 67.9 Å². The fourth-order valence-corrected chi connectivity index (χ4v) is 3.39. The molecule has 4 nitrogen and oxygen atoms in total. The topological polar surface area (TPSA) is 44.4 Å². The molecule has 6 heteroatoms. The summed E-state index contributed by atoms with van der Waals surface area (Å²) >= 11 is 8.69. The minimum atomic E-state index is -0.222. The molecule has 1 saturated heterocycles. The number of hydrogen-bond donors (Lipinski definition) is 2. The molecule has 2 aromatic rings. The molecule has 0 radical (unpaired) electrons. The van der Waals surface area contributed by atoms with Crippen molar-refractivity contribution in [2.45, 2.75) is 19.3 Å². The lowest BCUT2D eigenvalue weighted by Gasteiger charge is -2.30. The van der Waals surface area contributed by atoms with Crippen molar-refractivity contribution in [2.75, 3.05) is 23.3 Å². The number of amides is 1. The van der Waals surface area contributed by atoms with E-state index >= 15 is 0 Å². The van der Waals surface area contributed by atoms with Crippen LogP contribution < -0.4 is 15.5 Å². The van der Waals surface area contributed by atoms with Gasteiger partial charge in [0.2, 0.25) is 0 Å². The Bertz CT molecular complexity index is 758. The van der Waals surface area contributed by atoms with E-state index in [0.717, 1.165) is 28.9 Å². The van der Waals surface area contributed by atoms with Crippen LogP contribution in [0.5, 0.6) is 0 Å². The van der Waals surface area contributed by atoms with E-state index in [1.807, 2.05) is 30.3 Å². The number of thiocarbonyl (C=S) groups is 1. The highest BCUT2D eigenvalue weighted by atomic mass is 79.9. The zero-order chi connectivity index (χ0) is 17.6. The van der Waals surface area contributed by atoms with Gasteiger partial charge in [-0.3, -0.25) is 10.1 Å². The molecule has 25 heavy (non-hydrogen) atoms. The molecule has 1 heterocycles. The Hall–Kier alpha value is -1.92. The first kappa shape index (κ1) is 17.9. The molecule has 3 rings (SSSR count). The maximum Gasteiger partial charge on any atom is 0.257 e. The molecular formula is C19H20BrN3OS. The largest absolute Gasteiger partial charge is 0.370 e. The van der Waals surface area contributed by atoms with Gasteiger partial charge in [-0.1, -0.05) is 28.1 Å². The van der Waals surface area contributed by atoms with E-state index in [1.165, 1.54) is 19.3 Å². The number of halogens is 1. The molecule has 0 spiro atoms. The SMILES string of the molecule is O=C(NC(=S)Nc1ccccc1N1CCCCC1)c1ccc(Br)cc1. The zero-order valence-corrected chi connectivity index (χ0v) is 16.2. The molecule has 2 N–H and O–H groups in total. The van der Waals surface area contributed by atoms with Crippen LogP contribution in [-0.4, -0.2) is 24.1 Å². The molecule has 0 atom stereocenters. The van der Waals surface area contributed by atoms with Crippen molar-refractivity contribution in [3.05, 3.63) is 58.6 Å². The molecule has 0 aliphatic carbocycles. The molecule has 2 aromatic carbocycles. The zero-order valence-electron chi connectivity index (χ0n) is 13.8. The third-order valence-electron chi connectivity index (χ3n) is 4.18. The van der Waals surface area contributed by atoms with E-state index in [0.29, 0.717) is 10.7 Å². The van der Waals surface area contributed by atoms with Gasteiger partial charge in [0, 0.05) is 23.1 Å². The van der Waals surface area contributed by atoms with E-state index in [1.54, 1.807) is 12.1 Å². The van der Waals surface area contributed by atoms with Crippen LogP contribution in [0.3, 0.4) is 0 Å². The Labute approximate surface area is 161 Å². The smallest absolute Gasteiger partial charge is 0.257 e. The number of piperidine rings is 1. The van der Waals surface area contributed by atoms with E-state index in [4.69, 9.17) is 12.2 Å². The van der Waals surface area contributed by atoms with Gasteiger partial charge >= 0.3 is 0 Å². The van der Waals surface area contributed by atoms with Gasteiger partial charge in [-0.2, -0.15) is 0 Å². The second-order valence-electron chi connectivity index (χ2n) is 5.98. The van der Waals surface area contributed by atoms with Gasteiger partial charge in [0.25, 0.3) is 5.91 Å². The molecule has 0 aromatic heterocycles. The lowest BCUT2D eigenvalue weighted by atomic mass is 10.1. The first-order valence-electron chi connectivity index (χ1n) is 8.35. The number of nitrogens with zero attached hydrogens (tertiary/aromatic N) is 1. The summed E-state index contributed by atoms with van der Waals surface area (Å²) in [6.07, 6.45) is 3.70. The number of carbonyl (C=O) groups excluding carboxylic acids is 1. The highest BCUT2D eigenvalue weighted by Crippen LogP contribution is 2.28. The summed E-state index contributed by atoms with van der Waals surface area (Å²) in [5, 5.41) is 6.21. The van der Waals surface area contributed by atoms with Crippen LogP contribution >= 0.6 is 28.1 Å². The number of carbonyl (C=O) groups is 1. The highest BCUT2D eigenvalue weighted by molar-refractivity contribution is 9.10. The Kier molecular flexibility index (Phi) is 6.04. The number of nitrogens with one attached hydrogen (secondary N) is 2. The van der Waals surface area contributed by atoms with Crippen LogP contribution in [0.2, 0.25) is 0 Å². The van der Waals surface area contributed by atoms with E-state index in [9.17, 15) is 4.79 Å². The Morgan fingerprint density at radius 3 is 2.40 bits per heavy atom. The minimum Gasteiger partial charge on any atom is -0.370 e. The first-order valence-corrected chi connectivity index (χ1v) is 9.55. The molecule has 1 fully saturated rings. The Morgan fingerprint density at radius 2 is 1.68 bits per heavy atom. The molecule has 1 aliphatic rings. The molecule has 0 bridgehead atoms. The third-order valence-corrected chi connectivity index (χ3v) is 4.92. The molecule has 130 valence electrons. The fourth-order valence-electron chi connectivity index (χ4n) is 2.92. The van der Waals surface area contributed by atoms with Crippen molar-refractivity contribution >= 4 is 50.5 Å². The Balaban J connectivity index is 1.66. The molecular weight excluding hydrogens is 398 g/mol. The van der Waals surface area contributed by atoms with Crippen LogP contribution in [-0.2, 0) is 0 Å². The monoisotopic (exact) mass is 417 g/mol. The summed E-state index contributed by atoms with van der Waals surface area (Å²) in [7, 11) is 0. The highest BCUT2D eigenvalue weighted by Gasteiger charge is 2.15. The molecule has 1 amide bonds. The molecule has 1 aliphatic heterocycles. The number of rotatable bonds is 3. The summed E-state index contributed by atoms with van der Waals surface area (Å²) in [5.74, 6) is -0.222.